The summed E-state index contributed by atoms with van der Waals surface area (Å²) in [6, 6.07) is 0.567. The van der Waals surface area contributed by atoms with E-state index < -0.39 is 0 Å². The average molecular weight is 223 g/mol. The molecule has 1 aromatic heterocycles. The summed E-state index contributed by atoms with van der Waals surface area (Å²) in [6.07, 6.45) is 7.73. The molecular formula is C12H21N3O. The molecule has 2 heterocycles. The zero-order valence-corrected chi connectivity index (χ0v) is 9.98. The van der Waals surface area contributed by atoms with Gasteiger partial charge >= 0.3 is 0 Å². The molecule has 4 nitrogen and oxygen atoms in total. The standard InChI is InChI=1S/C12H21N3O/c1-11-13-6-7-15(11)8-9-16-10-12-4-2-3-5-14-12/h6-7,12,14H,2-5,8-10H2,1H3. The number of piperidine rings is 1. The molecule has 16 heavy (non-hydrogen) atoms. The third-order valence-electron chi connectivity index (χ3n) is 3.13. The van der Waals surface area contributed by atoms with Crippen LogP contribution in [-0.4, -0.2) is 35.4 Å². The summed E-state index contributed by atoms with van der Waals surface area (Å²) in [5, 5.41) is 3.48. The number of hydrogen-bond acceptors (Lipinski definition) is 3. The minimum Gasteiger partial charge on any atom is -0.378 e. The number of aromatic nitrogens is 2. The van der Waals surface area contributed by atoms with E-state index in [1.165, 1.54) is 19.3 Å². The van der Waals surface area contributed by atoms with Crippen LogP contribution in [-0.2, 0) is 11.3 Å². The fourth-order valence-corrected chi connectivity index (χ4v) is 2.09. The molecular weight excluding hydrogens is 202 g/mol. The number of ether oxygens (including phenoxy) is 1. The Labute approximate surface area is 97.0 Å². The number of imidazole rings is 1. The van der Waals surface area contributed by atoms with E-state index >= 15 is 0 Å². The molecule has 1 saturated heterocycles. The second-order valence-electron chi connectivity index (χ2n) is 4.39. The third-order valence-corrected chi connectivity index (χ3v) is 3.13. The van der Waals surface area contributed by atoms with Crippen LogP contribution in [0.15, 0.2) is 12.4 Å². The monoisotopic (exact) mass is 223 g/mol. The molecule has 1 aliphatic heterocycles. The summed E-state index contributed by atoms with van der Waals surface area (Å²) in [7, 11) is 0. The Bertz CT molecular complexity index is 305. The predicted octanol–water partition coefficient (Wildman–Crippen LogP) is 1.35. The normalized spacial score (nSPS) is 21.2. The Kier molecular flexibility index (Phi) is 4.36. The second kappa shape index (κ2) is 6.01. The molecule has 1 aromatic rings. The summed E-state index contributed by atoms with van der Waals surface area (Å²) >= 11 is 0. The first-order chi connectivity index (χ1) is 7.86. The summed E-state index contributed by atoms with van der Waals surface area (Å²) in [4.78, 5) is 4.18. The van der Waals surface area contributed by atoms with Gasteiger partial charge in [-0.25, -0.2) is 4.98 Å². The van der Waals surface area contributed by atoms with Crippen molar-refractivity contribution in [2.45, 2.75) is 38.8 Å². The van der Waals surface area contributed by atoms with E-state index in [1.807, 2.05) is 19.3 Å². The van der Waals surface area contributed by atoms with Gasteiger partial charge in [-0.05, 0) is 26.3 Å². The van der Waals surface area contributed by atoms with Gasteiger partial charge in [0.15, 0.2) is 0 Å². The molecule has 1 aliphatic rings. The number of nitrogens with one attached hydrogen (secondary N) is 1. The first-order valence-corrected chi connectivity index (χ1v) is 6.15. The van der Waals surface area contributed by atoms with Crippen LogP contribution in [0.3, 0.4) is 0 Å². The van der Waals surface area contributed by atoms with E-state index in [1.54, 1.807) is 0 Å². The maximum atomic E-state index is 5.69. The first-order valence-electron chi connectivity index (χ1n) is 6.15. The molecule has 4 heteroatoms. The Morgan fingerprint density at radius 3 is 3.19 bits per heavy atom. The van der Waals surface area contributed by atoms with Crippen LogP contribution >= 0.6 is 0 Å². The van der Waals surface area contributed by atoms with Gasteiger partial charge in [0.25, 0.3) is 0 Å². The first kappa shape index (κ1) is 11.6. The highest BCUT2D eigenvalue weighted by Crippen LogP contribution is 2.07. The third kappa shape index (κ3) is 3.32. The molecule has 2 rings (SSSR count). The quantitative estimate of drug-likeness (QED) is 0.766. The SMILES string of the molecule is Cc1nccn1CCOCC1CCCCN1. The van der Waals surface area contributed by atoms with E-state index in [9.17, 15) is 0 Å². The Morgan fingerprint density at radius 1 is 1.56 bits per heavy atom. The van der Waals surface area contributed by atoms with Crippen molar-refractivity contribution in [1.82, 2.24) is 14.9 Å². The van der Waals surface area contributed by atoms with Crippen LogP contribution in [0.1, 0.15) is 25.1 Å². The van der Waals surface area contributed by atoms with Crippen molar-refractivity contribution in [3.05, 3.63) is 18.2 Å². The van der Waals surface area contributed by atoms with Crippen molar-refractivity contribution in [3.63, 3.8) is 0 Å². The highest BCUT2D eigenvalue weighted by atomic mass is 16.5. The Balaban J connectivity index is 1.59. The lowest BCUT2D eigenvalue weighted by Gasteiger charge is -2.23. The highest BCUT2D eigenvalue weighted by Gasteiger charge is 2.11. The number of aryl methyl sites for hydroxylation is 1. The molecule has 0 amide bonds. The van der Waals surface area contributed by atoms with Crippen molar-refractivity contribution < 1.29 is 4.74 Å². The summed E-state index contributed by atoms with van der Waals surface area (Å²) in [5.41, 5.74) is 0. The lowest BCUT2D eigenvalue weighted by Crippen LogP contribution is -2.37. The molecule has 0 radical (unpaired) electrons. The summed E-state index contributed by atoms with van der Waals surface area (Å²) in [6.45, 7) is 5.68. The van der Waals surface area contributed by atoms with Crippen LogP contribution in [0.2, 0.25) is 0 Å². The molecule has 1 N–H and O–H groups in total. The van der Waals surface area contributed by atoms with Crippen molar-refractivity contribution in [2.75, 3.05) is 19.8 Å². The molecule has 0 spiro atoms. The minimum atomic E-state index is 0.567. The van der Waals surface area contributed by atoms with E-state index in [0.29, 0.717) is 6.04 Å². The molecule has 1 atom stereocenters. The molecule has 0 aliphatic carbocycles. The zero-order valence-electron chi connectivity index (χ0n) is 9.98. The van der Waals surface area contributed by atoms with Gasteiger partial charge in [-0.15, -0.1) is 0 Å². The lowest BCUT2D eigenvalue weighted by molar-refractivity contribution is 0.0965. The van der Waals surface area contributed by atoms with E-state index in [4.69, 9.17) is 4.74 Å². The Hall–Kier alpha value is -0.870. The van der Waals surface area contributed by atoms with Crippen LogP contribution in [0.4, 0.5) is 0 Å². The van der Waals surface area contributed by atoms with E-state index in [0.717, 1.165) is 32.1 Å². The van der Waals surface area contributed by atoms with E-state index in [2.05, 4.69) is 14.9 Å². The predicted molar refractivity (Wildman–Crippen MR) is 63.4 cm³/mol. The molecule has 0 bridgehead atoms. The van der Waals surface area contributed by atoms with Gasteiger partial charge in [0.2, 0.25) is 0 Å². The zero-order chi connectivity index (χ0) is 11.2. The molecule has 0 saturated carbocycles. The van der Waals surface area contributed by atoms with Gasteiger partial charge in [0, 0.05) is 25.0 Å². The smallest absolute Gasteiger partial charge is 0.105 e. The van der Waals surface area contributed by atoms with Crippen molar-refractivity contribution in [2.24, 2.45) is 0 Å². The topological polar surface area (TPSA) is 39.1 Å². The van der Waals surface area contributed by atoms with E-state index in [-0.39, 0.29) is 0 Å². The number of rotatable bonds is 5. The Morgan fingerprint density at radius 2 is 2.50 bits per heavy atom. The summed E-state index contributed by atoms with van der Waals surface area (Å²) < 4.78 is 7.81. The lowest BCUT2D eigenvalue weighted by atomic mass is 10.1. The van der Waals surface area contributed by atoms with Crippen LogP contribution in [0.5, 0.6) is 0 Å². The van der Waals surface area contributed by atoms with Crippen LogP contribution in [0, 0.1) is 6.92 Å². The highest BCUT2D eigenvalue weighted by molar-refractivity contribution is 4.88. The van der Waals surface area contributed by atoms with Crippen molar-refractivity contribution >= 4 is 0 Å². The number of nitrogens with zero attached hydrogens (tertiary/aromatic N) is 2. The number of hydrogen-bond donors (Lipinski definition) is 1. The van der Waals surface area contributed by atoms with Crippen LogP contribution < -0.4 is 5.32 Å². The van der Waals surface area contributed by atoms with Gasteiger partial charge in [-0.3, -0.25) is 0 Å². The molecule has 90 valence electrons. The van der Waals surface area contributed by atoms with Crippen molar-refractivity contribution in [1.29, 1.82) is 0 Å². The van der Waals surface area contributed by atoms with Gasteiger partial charge in [-0.1, -0.05) is 6.42 Å². The largest absolute Gasteiger partial charge is 0.378 e. The second-order valence-corrected chi connectivity index (χ2v) is 4.39. The summed E-state index contributed by atoms with van der Waals surface area (Å²) in [5.74, 6) is 1.05. The minimum absolute atomic E-state index is 0.567. The van der Waals surface area contributed by atoms with Crippen LogP contribution in [0.25, 0.3) is 0 Å². The molecule has 0 aromatic carbocycles. The molecule has 1 fully saturated rings. The van der Waals surface area contributed by atoms with Crippen molar-refractivity contribution in [3.8, 4) is 0 Å². The average Bonchev–Trinajstić information content (AvgIpc) is 2.72. The maximum Gasteiger partial charge on any atom is 0.105 e. The maximum absolute atomic E-state index is 5.69. The van der Waals surface area contributed by atoms with Gasteiger partial charge in [0.1, 0.15) is 5.82 Å². The van der Waals surface area contributed by atoms with Gasteiger partial charge in [-0.2, -0.15) is 0 Å². The fraction of sp³-hybridized carbons (Fsp3) is 0.750. The van der Waals surface area contributed by atoms with Gasteiger partial charge in [0.05, 0.1) is 13.2 Å². The molecule has 1 unspecified atom stereocenters. The fourth-order valence-electron chi connectivity index (χ4n) is 2.09. The van der Waals surface area contributed by atoms with Gasteiger partial charge < -0.3 is 14.6 Å².